The van der Waals surface area contributed by atoms with Crippen molar-refractivity contribution in [3.63, 3.8) is 0 Å². The highest BCUT2D eigenvalue weighted by atomic mass is 16.5. The lowest BCUT2D eigenvalue weighted by Crippen LogP contribution is -2.21. The van der Waals surface area contributed by atoms with Crippen LogP contribution in [-0.2, 0) is 7.05 Å². The Hall–Kier alpha value is -2.41. The summed E-state index contributed by atoms with van der Waals surface area (Å²) < 4.78 is 9.89. The Bertz CT molecular complexity index is 800. The molecule has 0 aliphatic carbocycles. The fraction of sp³-hybridized carbons (Fsp3) is 0.438. The second-order valence-corrected chi connectivity index (χ2v) is 5.90. The van der Waals surface area contributed by atoms with Crippen LogP contribution < -0.4 is 10.1 Å². The van der Waals surface area contributed by atoms with E-state index in [1.54, 1.807) is 17.1 Å². The van der Waals surface area contributed by atoms with E-state index in [4.69, 9.17) is 9.72 Å². The van der Waals surface area contributed by atoms with Gasteiger partial charge in [0, 0.05) is 37.3 Å². The quantitative estimate of drug-likeness (QED) is 0.796. The maximum Gasteiger partial charge on any atom is 0.303 e. The molecule has 1 saturated heterocycles. The van der Waals surface area contributed by atoms with Crippen LogP contribution in [0.2, 0.25) is 0 Å². The van der Waals surface area contributed by atoms with Crippen molar-refractivity contribution in [3.8, 4) is 17.3 Å². The van der Waals surface area contributed by atoms with Gasteiger partial charge in [-0.2, -0.15) is 10.1 Å². The fourth-order valence-electron chi connectivity index (χ4n) is 2.93. The highest BCUT2D eigenvalue weighted by Gasteiger charge is 2.17. The molecule has 0 aromatic carbocycles. The van der Waals surface area contributed by atoms with Gasteiger partial charge >= 0.3 is 6.01 Å². The molecule has 1 atom stereocenters. The normalized spacial score (nSPS) is 18.9. The average molecular weight is 312 g/mol. The number of aromatic nitrogens is 5. The summed E-state index contributed by atoms with van der Waals surface area (Å²) in [6.45, 7) is 2.05. The molecule has 4 heterocycles. The standard InChI is InChI=1S/C16H20N6O/c1-21-11-12(10-19-21)14-9-15-18-7-8-22(15)16(20-14)23-13-3-2-5-17-6-4-13/h7-11,13,17H,2-6H2,1H3/t13-/m1/s1. The number of ether oxygens (including phenoxy) is 1. The molecule has 1 aliphatic heterocycles. The zero-order valence-electron chi connectivity index (χ0n) is 13.1. The summed E-state index contributed by atoms with van der Waals surface area (Å²) in [4.78, 5) is 9.10. The summed E-state index contributed by atoms with van der Waals surface area (Å²) in [5, 5.41) is 7.62. The van der Waals surface area contributed by atoms with E-state index in [-0.39, 0.29) is 6.10 Å². The molecule has 23 heavy (non-hydrogen) atoms. The lowest BCUT2D eigenvalue weighted by atomic mass is 10.2. The number of aryl methyl sites for hydroxylation is 1. The van der Waals surface area contributed by atoms with Gasteiger partial charge in [0.05, 0.1) is 11.9 Å². The second kappa shape index (κ2) is 6.00. The molecule has 1 fully saturated rings. The molecule has 1 N–H and O–H groups in total. The first-order valence-corrected chi connectivity index (χ1v) is 8.00. The van der Waals surface area contributed by atoms with Crippen LogP contribution in [-0.4, -0.2) is 43.3 Å². The monoisotopic (exact) mass is 312 g/mol. The molecule has 7 nitrogen and oxygen atoms in total. The molecule has 4 rings (SSSR count). The molecular weight excluding hydrogens is 292 g/mol. The highest BCUT2D eigenvalue weighted by molar-refractivity contribution is 5.62. The Labute approximate surface area is 134 Å². The van der Waals surface area contributed by atoms with Crippen LogP contribution in [0.4, 0.5) is 0 Å². The third kappa shape index (κ3) is 2.92. The van der Waals surface area contributed by atoms with Crippen LogP contribution in [0.1, 0.15) is 19.3 Å². The van der Waals surface area contributed by atoms with E-state index in [0.717, 1.165) is 49.3 Å². The molecule has 0 bridgehead atoms. The van der Waals surface area contributed by atoms with Gasteiger partial charge in [-0.1, -0.05) is 0 Å². The summed E-state index contributed by atoms with van der Waals surface area (Å²) in [6, 6.07) is 2.56. The van der Waals surface area contributed by atoms with Crippen molar-refractivity contribution >= 4 is 5.65 Å². The van der Waals surface area contributed by atoms with Crippen LogP contribution in [0, 0.1) is 0 Å². The van der Waals surface area contributed by atoms with E-state index in [1.165, 1.54) is 0 Å². The minimum Gasteiger partial charge on any atom is -0.461 e. The van der Waals surface area contributed by atoms with Gasteiger partial charge in [0.25, 0.3) is 0 Å². The van der Waals surface area contributed by atoms with Crippen molar-refractivity contribution in [1.82, 2.24) is 29.5 Å². The van der Waals surface area contributed by atoms with Crippen molar-refractivity contribution in [3.05, 3.63) is 30.9 Å². The highest BCUT2D eigenvalue weighted by Crippen LogP contribution is 2.23. The van der Waals surface area contributed by atoms with Gasteiger partial charge in [0.15, 0.2) is 0 Å². The van der Waals surface area contributed by atoms with E-state index >= 15 is 0 Å². The van der Waals surface area contributed by atoms with Crippen molar-refractivity contribution in [2.24, 2.45) is 7.05 Å². The van der Waals surface area contributed by atoms with Crippen LogP contribution in [0.25, 0.3) is 16.9 Å². The van der Waals surface area contributed by atoms with E-state index in [1.807, 2.05) is 29.9 Å². The van der Waals surface area contributed by atoms with E-state index in [0.29, 0.717) is 6.01 Å². The molecular formula is C16H20N6O. The van der Waals surface area contributed by atoms with E-state index < -0.39 is 0 Å². The third-order valence-electron chi connectivity index (χ3n) is 4.15. The molecule has 0 radical (unpaired) electrons. The van der Waals surface area contributed by atoms with Crippen LogP contribution in [0.15, 0.2) is 30.9 Å². The Morgan fingerprint density at radius 3 is 3.13 bits per heavy atom. The number of imidazole rings is 1. The SMILES string of the molecule is Cn1cc(-c2cc3nccn3c(O[C@@H]3CCCNCC3)n2)cn1. The number of fused-ring (bicyclic) bond motifs is 1. The van der Waals surface area contributed by atoms with Gasteiger partial charge in [-0.3, -0.25) is 9.08 Å². The topological polar surface area (TPSA) is 69.3 Å². The molecule has 0 spiro atoms. The predicted molar refractivity (Wildman–Crippen MR) is 86.3 cm³/mol. The number of hydrogen-bond donors (Lipinski definition) is 1. The predicted octanol–water partition coefficient (Wildman–Crippen LogP) is 1.65. The summed E-state index contributed by atoms with van der Waals surface area (Å²) in [6.07, 6.45) is 10.8. The molecule has 0 unspecified atom stereocenters. The lowest BCUT2D eigenvalue weighted by molar-refractivity contribution is 0.169. The second-order valence-electron chi connectivity index (χ2n) is 5.90. The zero-order chi connectivity index (χ0) is 15.6. The van der Waals surface area contributed by atoms with Crippen molar-refractivity contribution in [2.45, 2.75) is 25.4 Å². The molecule has 3 aromatic heterocycles. The van der Waals surface area contributed by atoms with Crippen molar-refractivity contribution < 1.29 is 4.74 Å². The zero-order valence-corrected chi connectivity index (χ0v) is 13.1. The number of hydrogen-bond acceptors (Lipinski definition) is 5. The Morgan fingerprint density at radius 1 is 1.30 bits per heavy atom. The van der Waals surface area contributed by atoms with E-state index in [2.05, 4.69) is 15.4 Å². The lowest BCUT2D eigenvalue weighted by Gasteiger charge is -2.17. The maximum atomic E-state index is 6.22. The number of rotatable bonds is 3. The summed E-state index contributed by atoms with van der Waals surface area (Å²) in [5.41, 5.74) is 2.63. The minimum absolute atomic E-state index is 0.187. The molecule has 3 aromatic rings. The maximum absolute atomic E-state index is 6.22. The number of nitrogens with one attached hydrogen (secondary N) is 1. The average Bonchev–Trinajstić information content (AvgIpc) is 3.11. The smallest absolute Gasteiger partial charge is 0.303 e. The van der Waals surface area contributed by atoms with E-state index in [9.17, 15) is 0 Å². The summed E-state index contributed by atoms with van der Waals surface area (Å²) >= 11 is 0. The minimum atomic E-state index is 0.187. The van der Waals surface area contributed by atoms with Crippen LogP contribution >= 0.6 is 0 Å². The first-order valence-electron chi connectivity index (χ1n) is 8.00. The molecule has 1 aliphatic rings. The Kier molecular flexibility index (Phi) is 3.70. The molecule has 0 amide bonds. The van der Waals surface area contributed by atoms with Gasteiger partial charge in [-0.15, -0.1) is 0 Å². The van der Waals surface area contributed by atoms with Crippen LogP contribution in [0.5, 0.6) is 6.01 Å². The third-order valence-corrected chi connectivity index (χ3v) is 4.15. The first-order chi connectivity index (χ1) is 11.3. The van der Waals surface area contributed by atoms with Crippen molar-refractivity contribution in [2.75, 3.05) is 13.1 Å². The fourth-order valence-corrected chi connectivity index (χ4v) is 2.93. The van der Waals surface area contributed by atoms with Crippen LogP contribution in [0.3, 0.4) is 0 Å². The van der Waals surface area contributed by atoms with Gasteiger partial charge in [-0.25, -0.2) is 4.98 Å². The van der Waals surface area contributed by atoms with Gasteiger partial charge < -0.3 is 10.1 Å². The Balaban J connectivity index is 1.70. The van der Waals surface area contributed by atoms with Gasteiger partial charge in [0.2, 0.25) is 0 Å². The Morgan fingerprint density at radius 2 is 2.26 bits per heavy atom. The van der Waals surface area contributed by atoms with Gasteiger partial charge in [-0.05, 0) is 32.4 Å². The molecule has 120 valence electrons. The largest absolute Gasteiger partial charge is 0.461 e. The summed E-state index contributed by atoms with van der Waals surface area (Å²) in [5.74, 6) is 0. The van der Waals surface area contributed by atoms with Gasteiger partial charge in [0.1, 0.15) is 11.8 Å². The van der Waals surface area contributed by atoms with Crippen molar-refractivity contribution in [1.29, 1.82) is 0 Å². The molecule has 0 saturated carbocycles. The number of nitrogens with zero attached hydrogens (tertiary/aromatic N) is 5. The summed E-state index contributed by atoms with van der Waals surface area (Å²) in [7, 11) is 1.90. The first kappa shape index (κ1) is 14.2. The molecule has 7 heteroatoms.